The van der Waals surface area contributed by atoms with Crippen molar-refractivity contribution < 1.29 is 31.1 Å². The van der Waals surface area contributed by atoms with Gasteiger partial charge in [-0.25, -0.2) is 14.6 Å². The van der Waals surface area contributed by atoms with Gasteiger partial charge in [0.2, 0.25) is 0 Å². The molecule has 3 aromatic rings. The van der Waals surface area contributed by atoms with Gasteiger partial charge in [-0.05, 0) is 31.5 Å². The third-order valence-corrected chi connectivity index (χ3v) is 5.96. The third-order valence-electron chi connectivity index (χ3n) is 5.96. The number of aryl methyl sites for hydroxylation is 1. The van der Waals surface area contributed by atoms with Gasteiger partial charge in [-0.15, -0.1) is 5.10 Å². The lowest BCUT2D eigenvalue weighted by atomic mass is 10.1. The van der Waals surface area contributed by atoms with Crippen LogP contribution in [0.25, 0.3) is 5.82 Å². The largest absolute Gasteiger partial charge is 0.418 e. The molecule has 13 heteroatoms. The first-order valence-electron chi connectivity index (χ1n) is 10.8. The molecule has 0 saturated carbocycles. The van der Waals surface area contributed by atoms with Crippen molar-refractivity contribution in [2.45, 2.75) is 25.7 Å². The Hall–Kier alpha value is -3.35. The van der Waals surface area contributed by atoms with Crippen LogP contribution < -0.4 is 9.80 Å². The fraction of sp³-hybridized carbons (Fsp3) is 0.409. The van der Waals surface area contributed by atoms with Crippen LogP contribution in [0.5, 0.6) is 0 Å². The topological polar surface area (TPSA) is 59.3 Å². The molecule has 0 bridgehead atoms. The Morgan fingerprint density at radius 1 is 0.886 bits per heavy atom. The van der Waals surface area contributed by atoms with Crippen LogP contribution in [-0.2, 0) is 23.5 Å². The summed E-state index contributed by atoms with van der Waals surface area (Å²) in [7, 11) is 0. The molecule has 35 heavy (non-hydrogen) atoms. The van der Waals surface area contributed by atoms with Crippen molar-refractivity contribution in [3.8, 4) is 5.82 Å². The summed E-state index contributed by atoms with van der Waals surface area (Å²) in [6, 6.07) is 3.46. The van der Waals surface area contributed by atoms with Gasteiger partial charge < -0.3 is 14.5 Å². The van der Waals surface area contributed by atoms with Gasteiger partial charge in [0.1, 0.15) is 11.6 Å². The predicted molar refractivity (Wildman–Crippen MR) is 114 cm³/mol. The Balaban J connectivity index is 1.56. The van der Waals surface area contributed by atoms with Crippen molar-refractivity contribution in [1.29, 1.82) is 0 Å². The fourth-order valence-electron chi connectivity index (χ4n) is 4.34. The Labute approximate surface area is 195 Å². The van der Waals surface area contributed by atoms with Gasteiger partial charge in [-0.2, -0.15) is 26.3 Å². The maximum absolute atomic E-state index is 13.8. The van der Waals surface area contributed by atoms with E-state index in [-0.39, 0.29) is 24.1 Å². The van der Waals surface area contributed by atoms with Crippen LogP contribution in [0.3, 0.4) is 0 Å². The van der Waals surface area contributed by atoms with Gasteiger partial charge in [0.15, 0.2) is 11.6 Å². The minimum atomic E-state index is -4.99. The number of morpholine rings is 1. The average Bonchev–Trinajstić information content (AvgIpc) is 3.45. The molecule has 1 fully saturated rings. The molecular formula is C22H20F6N6O. The van der Waals surface area contributed by atoms with E-state index in [9.17, 15) is 26.3 Å². The van der Waals surface area contributed by atoms with Gasteiger partial charge in [0.05, 0.1) is 30.0 Å². The highest BCUT2D eigenvalue weighted by Crippen LogP contribution is 2.44. The summed E-state index contributed by atoms with van der Waals surface area (Å²) in [6.45, 7) is 4.23. The fourth-order valence-corrected chi connectivity index (χ4v) is 4.34. The van der Waals surface area contributed by atoms with Crippen LogP contribution in [0, 0.1) is 6.92 Å². The molecule has 2 aliphatic rings. The van der Waals surface area contributed by atoms with E-state index in [1.54, 1.807) is 17.8 Å². The lowest BCUT2D eigenvalue weighted by molar-refractivity contribution is -0.142. The standard InChI is InChI=1S/C22H20F6N6O/c1-13-29-19-15(20(30-13)34-7-5-18(31-34)32-8-10-35-11-9-32)4-6-33(19)17-3-2-14(21(23,24)25)12-16(17)22(26,27)28/h2-3,5,7,12H,4,6,8-11H2,1H3. The molecule has 0 radical (unpaired) electrons. The van der Waals surface area contributed by atoms with Crippen molar-refractivity contribution in [2.24, 2.45) is 0 Å². The van der Waals surface area contributed by atoms with Gasteiger partial charge in [0.25, 0.3) is 0 Å². The lowest BCUT2D eigenvalue weighted by Gasteiger charge is -2.26. The second-order valence-corrected chi connectivity index (χ2v) is 8.24. The van der Waals surface area contributed by atoms with E-state index in [0.29, 0.717) is 56.0 Å². The van der Waals surface area contributed by atoms with E-state index >= 15 is 0 Å². The van der Waals surface area contributed by atoms with E-state index in [1.165, 1.54) is 4.90 Å². The van der Waals surface area contributed by atoms with Crippen molar-refractivity contribution in [2.75, 3.05) is 42.6 Å². The molecule has 0 unspecified atom stereocenters. The molecular weight excluding hydrogens is 478 g/mol. The Morgan fingerprint density at radius 2 is 1.60 bits per heavy atom. The van der Waals surface area contributed by atoms with E-state index in [4.69, 9.17) is 4.74 Å². The van der Waals surface area contributed by atoms with E-state index in [1.807, 2.05) is 6.07 Å². The van der Waals surface area contributed by atoms with Gasteiger partial charge in [0, 0.05) is 37.5 Å². The molecule has 7 nitrogen and oxygen atoms in total. The number of aromatic nitrogens is 4. The Bertz CT molecular complexity index is 1250. The van der Waals surface area contributed by atoms with Crippen LogP contribution >= 0.6 is 0 Å². The number of anilines is 3. The first-order valence-corrected chi connectivity index (χ1v) is 10.8. The van der Waals surface area contributed by atoms with Gasteiger partial charge >= 0.3 is 12.4 Å². The summed E-state index contributed by atoms with van der Waals surface area (Å²) in [5.74, 6) is 1.67. The highest BCUT2D eigenvalue weighted by Gasteiger charge is 2.41. The molecule has 0 amide bonds. The quantitative estimate of drug-likeness (QED) is 0.495. The predicted octanol–water partition coefficient (Wildman–Crippen LogP) is 4.54. The van der Waals surface area contributed by atoms with Crippen molar-refractivity contribution in [3.05, 3.63) is 53.0 Å². The molecule has 1 saturated heterocycles. The molecule has 0 N–H and O–H groups in total. The summed E-state index contributed by atoms with van der Waals surface area (Å²) < 4.78 is 87.6. The third kappa shape index (κ3) is 4.40. The van der Waals surface area contributed by atoms with E-state index in [0.717, 1.165) is 11.9 Å². The Kier molecular flexibility index (Phi) is 5.61. The minimum Gasteiger partial charge on any atom is -0.378 e. The maximum Gasteiger partial charge on any atom is 0.418 e. The van der Waals surface area contributed by atoms with Crippen molar-refractivity contribution in [1.82, 2.24) is 19.7 Å². The first-order chi connectivity index (χ1) is 16.5. The van der Waals surface area contributed by atoms with E-state index < -0.39 is 23.5 Å². The summed E-state index contributed by atoms with van der Waals surface area (Å²) in [4.78, 5) is 12.2. The Morgan fingerprint density at radius 3 is 2.29 bits per heavy atom. The molecule has 0 aliphatic carbocycles. The molecule has 0 spiro atoms. The number of hydrogen-bond donors (Lipinski definition) is 0. The summed E-state index contributed by atoms with van der Waals surface area (Å²) >= 11 is 0. The maximum atomic E-state index is 13.8. The van der Waals surface area contributed by atoms with Gasteiger partial charge in [-0.3, -0.25) is 0 Å². The number of nitrogens with zero attached hydrogens (tertiary/aromatic N) is 6. The molecule has 2 aliphatic heterocycles. The second kappa shape index (κ2) is 8.40. The molecule has 1 aromatic carbocycles. The highest BCUT2D eigenvalue weighted by atomic mass is 19.4. The number of ether oxygens (including phenoxy) is 1. The summed E-state index contributed by atoms with van der Waals surface area (Å²) in [5.41, 5.74) is -2.55. The summed E-state index contributed by atoms with van der Waals surface area (Å²) in [6.07, 6.45) is -7.87. The number of rotatable bonds is 3. The van der Waals surface area contributed by atoms with Crippen LogP contribution in [0.2, 0.25) is 0 Å². The van der Waals surface area contributed by atoms with Crippen LogP contribution in [0.15, 0.2) is 30.5 Å². The molecule has 0 atom stereocenters. The minimum absolute atomic E-state index is 0.104. The van der Waals surface area contributed by atoms with Crippen molar-refractivity contribution in [3.63, 3.8) is 0 Å². The number of alkyl halides is 6. The number of benzene rings is 1. The second-order valence-electron chi connectivity index (χ2n) is 8.24. The van der Waals surface area contributed by atoms with Gasteiger partial charge in [-0.1, -0.05) is 0 Å². The highest BCUT2D eigenvalue weighted by molar-refractivity contribution is 5.72. The SMILES string of the molecule is Cc1nc2c(c(-n3ccc(N4CCOCC4)n3)n1)CCN2c1ccc(C(F)(F)F)cc1C(F)(F)F. The summed E-state index contributed by atoms with van der Waals surface area (Å²) in [5, 5.41) is 4.59. The van der Waals surface area contributed by atoms with Crippen LogP contribution in [-0.4, -0.2) is 52.6 Å². The van der Waals surface area contributed by atoms with Crippen molar-refractivity contribution >= 4 is 17.3 Å². The zero-order chi connectivity index (χ0) is 25.0. The zero-order valence-corrected chi connectivity index (χ0v) is 18.5. The molecule has 2 aromatic heterocycles. The number of hydrogen-bond acceptors (Lipinski definition) is 6. The number of halogens is 6. The normalized spacial score (nSPS) is 16.7. The smallest absolute Gasteiger partial charge is 0.378 e. The first kappa shape index (κ1) is 23.4. The van der Waals surface area contributed by atoms with Crippen LogP contribution in [0.4, 0.5) is 43.7 Å². The molecule has 4 heterocycles. The molecule has 5 rings (SSSR count). The number of fused-ring (bicyclic) bond motifs is 1. The zero-order valence-electron chi connectivity index (χ0n) is 18.5. The van der Waals surface area contributed by atoms with Crippen LogP contribution in [0.1, 0.15) is 22.5 Å². The lowest BCUT2D eigenvalue weighted by Crippen LogP contribution is -2.36. The monoisotopic (exact) mass is 498 g/mol. The van der Waals surface area contributed by atoms with E-state index in [2.05, 4.69) is 20.0 Å². The average molecular weight is 498 g/mol. The molecule has 186 valence electrons.